The van der Waals surface area contributed by atoms with Gasteiger partial charge in [0.2, 0.25) is 0 Å². The zero-order chi connectivity index (χ0) is 13.2. The number of methoxy groups -OCH3 is 1. The Labute approximate surface area is 110 Å². The Kier molecular flexibility index (Phi) is 3.35. The van der Waals surface area contributed by atoms with E-state index >= 15 is 0 Å². The van der Waals surface area contributed by atoms with Gasteiger partial charge in [-0.1, -0.05) is 5.21 Å². The topological polar surface area (TPSA) is 69.4 Å². The van der Waals surface area contributed by atoms with Crippen molar-refractivity contribution < 1.29 is 14.6 Å². The van der Waals surface area contributed by atoms with Crippen LogP contribution in [0.2, 0.25) is 0 Å². The molecular weight excluding hydrogens is 246 g/mol. The summed E-state index contributed by atoms with van der Waals surface area (Å²) in [6.07, 6.45) is 3.12. The van der Waals surface area contributed by atoms with Crippen LogP contribution in [0, 0.1) is 0 Å². The molecule has 19 heavy (non-hydrogen) atoms. The Morgan fingerprint density at radius 2 is 2.37 bits per heavy atom. The van der Waals surface area contributed by atoms with E-state index < -0.39 is 0 Å². The standard InChI is InChI=1S/C13H17N3O3/c1-18-11-6-5-10-13(9(11)8-17)14-15-16(10)12-4-2-3-7-19-12/h5-6,12,17H,2-4,7-8H2,1H3. The summed E-state index contributed by atoms with van der Waals surface area (Å²) in [5, 5.41) is 17.8. The van der Waals surface area contributed by atoms with E-state index in [2.05, 4.69) is 10.3 Å². The van der Waals surface area contributed by atoms with E-state index in [-0.39, 0.29) is 12.8 Å². The summed E-state index contributed by atoms with van der Waals surface area (Å²) >= 11 is 0. The van der Waals surface area contributed by atoms with Gasteiger partial charge in [0, 0.05) is 12.2 Å². The normalized spacial score (nSPS) is 19.8. The molecule has 1 aromatic carbocycles. The molecule has 1 atom stereocenters. The van der Waals surface area contributed by atoms with Gasteiger partial charge in [-0.3, -0.25) is 0 Å². The molecule has 0 saturated carbocycles. The van der Waals surface area contributed by atoms with Crippen molar-refractivity contribution in [2.75, 3.05) is 13.7 Å². The van der Waals surface area contributed by atoms with Crippen molar-refractivity contribution in [2.45, 2.75) is 32.1 Å². The molecule has 0 spiro atoms. The lowest BCUT2D eigenvalue weighted by molar-refractivity contribution is -0.0377. The maximum absolute atomic E-state index is 9.48. The molecule has 1 unspecified atom stereocenters. The Morgan fingerprint density at radius 3 is 3.05 bits per heavy atom. The highest BCUT2D eigenvalue weighted by Crippen LogP contribution is 2.30. The van der Waals surface area contributed by atoms with Gasteiger partial charge >= 0.3 is 0 Å². The van der Waals surface area contributed by atoms with Gasteiger partial charge < -0.3 is 14.6 Å². The average molecular weight is 263 g/mol. The van der Waals surface area contributed by atoms with Crippen molar-refractivity contribution in [1.29, 1.82) is 0 Å². The van der Waals surface area contributed by atoms with Crippen LogP contribution in [0.1, 0.15) is 31.1 Å². The maximum atomic E-state index is 9.48. The van der Waals surface area contributed by atoms with Gasteiger partial charge in [-0.05, 0) is 31.4 Å². The van der Waals surface area contributed by atoms with Gasteiger partial charge in [0.05, 0.1) is 19.2 Å². The first-order valence-electron chi connectivity index (χ1n) is 6.48. The van der Waals surface area contributed by atoms with Gasteiger partial charge in [-0.2, -0.15) is 0 Å². The highest BCUT2D eigenvalue weighted by Gasteiger charge is 2.21. The predicted octanol–water partition coefficient (Wildman–Crippen LogP) is 1.63. The van der Waals surface area contributed by atoms with Crippen LogP contribution in [0.25, 0.3) is 11.0 Å². The molecule has 102 valence electrons. The summed E-state index contributed by atoms with van der Waals surface area (Å²) < 4.78 is 12.8. The first kappa shape index (κ1) is 12.4. The van der Waals surface area contributed by atoms with Crippen LogP contribution in [0.3, 0.4) is 0 Å². The molecule has 6 heteroatoms. The van der Waals surface area contributed by atoms with Gasteiger partial charge in [-0.25, -0.2) is 4.68 Å². The molecule has 1 aliphatic rings. The van der Waals surface area contributed by atoms with E-state index in [0.29, 0.717) is 16.8 Å². The second-order valence-corrected chi connectivity index (χ2v) is 4.63. The van der Waals surface area contributed by atoms with Crippen LogP contribution < -0.4 is 4.74 Å². The highest BCUT2D eigenvalue weighted by molar-refractivity contribution is 5.80. The molecule has 0 radical (unpaired) electrons. The number of ether oxygens (including phenoxy) is 2. The molecule has 2 aromatic rings. The smallest absolute Gasteiger partial charge is 0.152 e. The largest absolute Gasteiger partial charge is 0.496 e. The van der Waals surface area contributed by atoms with Gasteiger partial charge in [-0.15, -0.1) is 5.10 Å². The summed E-state index contributed by atoms with van der Waals surface area (Å²) in [7, 11) is 1.58. The minimum atomic E-state index is -0.120. The number of nitrogens with zero attached hydrogens (tertiary/aromatic N) is 3. The number of aromatic nitrogens is 3. The van der Waals surface area contributed by atoms with E-state index in [1.165, 1.54) is 0 Å². The maximum Gasteiger partial charge on any atom is 0.152 e. The van der Waals surface area contributed by atoms with Crippen LogP contribution >= 0.6 is 0 Å². The fourth-order valence-corrected chi connectivity index (χ4v) is 2.52. The van der Waals surface area contributed by atoms with Crippen molar-refractivity contribution in [3.8, 4) is 5.75 Å². The molecule has 6 nitrogen and oxygen atoms in total. The lowest BCUT2D eigenvalue weighted by Crippen LogP contribution is -2.19. The van der Waals surface area contributed by atoms with Crippen molar-refractivity contribution in [2.24, 2.45) is 0 Å². The van der Waals surface area contributed by atoms with Gasteiger partial charge in [0.1, 0.15) is 11.3 Å². The number of rotatable bonds is 3. The fourth-order valence-electron chi connectivity index (χ4n) is 2.52. The summed E-state index contributed by atoms with van der Waals surface area (Å²) in [4.78, 5) is 0. The Balaban J connectivity index is 2.08. The second-order valence-electron chi connectivity index (χ2n) is 4.63. The van der Waals surface area contributed by atoms with Crippen molar-refractivity contribution in [3.05, 3.63) is 17.7 Å². The number of fused-ring (bicyclic) bond motifs is 1. The molecule has 3 rings (SSSR count). The Morgan fingerprint density at radius 1 is 1.47 bits per heavy atom. The van der Waals surface area contributed by atoms with Crippen LogP contribution in [-0.2, 0) is 11.3 Å². The number of hydrogen-bond acceptors (Lipinski definition) is 5. The van der Waals surface area contributed by atoms with E-state index in [1.54, 1.807) is 11.8 Å². The summed E-state index contributed by atoms with van der Waals surface area (Å²) in [6.45, 7) is 0.639. The Bertz CT molecular complexity index is 576. The monoisotopic (exact) mass is 263 g/mol. The molecule has 1 fully saturated rings. The fraction of sp³-hybridized carbons (Fsp3) is 0.538. The summed E-state index contributed by atoms with van der Waals surface area (Å²) in [5.41, 5.74) is 2.22. The van der Waals surface area contributed by atoms with Crippen LogP contribution in [0.5, 0.6) is 5.75 Å². The number of benzene rings is 1. The van der Waals surface area contributed by atoms with E-state index in [4.69, 9.17) is 9.47 Å². The van der Waals surface area contributed by atoms with Crippen LogP contribution in [0.15, 0.2) is 12.1 Å². The second kappa shape index (κ2) is 5.14. The lowest BCUT2D eigenvalue weighted by atomic mass is 10.1. The summed E-state index contributed by atoms with van der Waals surface area (Å²) in [5.74, 6) is 0.631. The van der Waals surface area contributed by atoms with E-state index in [9.17, 15) is 5.11 Å². The third kappa shape index (κ3) is 2.06. The molecular formula is C13H17N3O3. The number of aliphatic hydroxyl groups is 1. The van der Waals surface area contributed by atoms with E-state index in [0.717, 1.165) is 31.4 Å². The van der Waals surface area contributed by atoms with Crippen molar-refractivity contribution >= 4 is 11.0 Å². The molecule has 1 aliphatic heterocycles. The molecule has 0 aliphatic carbocycles. The average Bonchev–Trinajstić information content (AvgIpc) is 2.91. The minimum Gasteiger partial charge on any atom is -0.496 e. The minimum absolute atomic E-state index is 0.0568. The van der Waals surface area contributed by atoms with Crippen LogP contribution in [0.4, 0.5) is 0 Å². The number of hydrogen-bond donors (Lipinski definition) is 1. The third-order valence-corrected chi connectivity index (χ3v) is 3.51. The molecule has 0 amide bonds. The van der Waals surface area contributed by atoms with Gasteiger partial charge in [0.15, 0.2) is 6.23 Å². The molecule has 1 N–H and O–H groups in total. The zero-order valence-corrected chi connectivity index (χ0v) is 10.9. The first-order chi connectivity index (χ1) is 9.35. The molecule has 1 aromatic heterocycles. The van der Waals surface area contributed by atoms with Gasteiger partial charge in [0.25, 0.3) is 0 Å². The quantitative estimate of drug-likeness (QED) is 0.911. The molecule has 0 bridgehead atoms. The van der Waals surface area contributed by atoms with Crippen molar-refractivity contribution in [1.82, 2.24) is 15.0 Å². The molecule has 1 saturated heterocycles. The predicted molar refractivity (Wildman–Crippen MR) is 68.8 cm³/mol. The van der Waals surface area contributed by atoms with E-state index in [1.807, 2.05) is 12.1 Å². The van der Waals surface area contributed by atoms with Crippen molar-refractivity contribution in [3.63, 3.8) is 0 Å². The number of aliphatic hydroxyl groups excluding tert-OH is 1. The lowest BCUT2D eigenvalue weighted by Gasteiger charge is -2.22. The molecule has 2 heterocycles. The highest BCUT2D eigenvalue weighted by atomic mass is 16.5. The third-order valence-electron chi connectivity index (χ3n) is 3.51. The SMILES string of the molecule is COc1ccc2c(nnn2C2CCCCO2)c1CO. The van der Waals surface area contributed by atoms with Crippen LogP contribution in [-0.4, -0.2) is 33.8 Å². The summed E-state index contributed by atoms with van der Waals surface area (Å²) in [6, 6.07) is 3.74. The Hall–Kier alpha value is -1.66. The first-order valence-corrected chi connectivity index (χ1v) is 6.48. The zero-order valence-electron chi connectivity index (χ0n) is 10.9.